The van der Waals surface area contributed by atoms with Crippen molar-refractivity contribution < 1.29 is 0 Å². The number of hydrogen-bond donors (Lipinski definition) is 0. The molecule has 0 spiro atoms. The molecule has 3 rings (SSSR count). The predicted molar refractivity (Wildman–Crippen MR) is 79.5 cm³/mol. The van der Waals surface area contributed by atoms with Crippen molar-refractivity contribution in [2.24, 2.45) is 0 Å². The first kappa shape index (κ1) is 12.0. The van der Waals surface area contributed by atoms with Crippen LogP contribution in [0.4, 0.5) is 0 Å². The SMILES string of the molecule is CCc1ccc(-c2nc3c(C)cccn3c2C)cc1. The quantitative estimate of drug-likeness (QED) is 0.667. The minimum absolute atomic E-state index is 1.05. The number of benzene rings is 1. The van der Waals surface area contributed by atoms with Gasteiger partial charge in [0.05, 0.1) is 5.69 Å². The van der Waals surface area contributed by atoms with Gasteiger partial charge < -0.3 is 4.40 Å². The maximum absolute atomic E-state index is 4.80. The summed E-state index contributed by atoms with van der Waals surface area (Å²) >= 11 is 0. The minimum atomic E-state index is 1.05. The Hall–Kier alpha value is -2.09. The van der Waals surface area contributed by atoms with Crippen LogP contribution in [-0.4, -0.2) is 9.38 Å². The van der Waals surface area contributed by atoms with E-state index >= 15 is 0 Å². The highest BCUT2D eigenvalue weighted by atomic mass is 15.0. The molecular weight excluding hydrogens is 232 g/mol. The van der Waals surface area contributed by atoms with Crippen LogP contribution in [-0.2, 0) is 6.42 Å². The average molecular weight is 250 g/mol. The lowest BCUT2D eigenvalue weighted by Gasteiger charge is -2.01. The molecule has 2 aromatic heterocycles. The second-order valence-electron chi connectivity index (χ2n) is 4.98. The van der Waals surface area contributed by atoms with Crippen molar-refractivity contribution in [1.29, 1.82) is 0 Å². The standard InChI is InChI=1S/C17H18N2/c1-4-14-7-9-15(10-8-14)16-13(3)19-11-5-6-12(2)17(19)18-16/h5-11H,4H2,1-3H3. The smallest absolute Gasteiger partial charge is 0.140 e. The third-order valence-corrected chi connectivity index (χ3v) is 3.72. The molecule has 0 aliphatic carbocycles. The van der Waals surface area contributed by atoms with E-state index in [-0.39, 0.29) is 0 Å². The van der Waals surface area contributed by atoms with E-state index in [1.54, 1.807) is 0 Å². The molecule has 2 heterocycles. The lowest BCUT2D eigenvalue weighted by Crippen LogP contribution is -1.88. The topological polar surface area (TPSA) is 17.3 Å². The number of pyridine rings is 1. The van der Waals surface area contributed by atoms with Gasteiger partial charge in [-0.25, -0.2) is 4.98 Å². The Morgan fingerprint density at radius 3 is 2.42 bits per heavy atom. The van der Waals surface area contributed by atoms with Crippen molar-refractivity contribution in [3.63, 3.8) is 0 Å². The van der Waals surface area contributed by atoms with Crippen LogP contribution >= 0.6 is 0 Å². The van der Waals surface area contributed by atoms with E-state index in [2.05, 4.69) is 67.8 Å². The Balaban J connectivity index is 2.19. The first-order chi connectivity index (χ1) is 9.20. The second kappa shape index (κ2) is 4.54. The van der Waals surface area contributed by atoms with E-state index in [4.69, 9.17) is 4.98 Å². The molecule has 2 heteroatoms. The van der Waals surface area contributed by atoms with Crippen molar-refractivity contribution in [3.05, 3.63) is 59.4 Å². The highest BCUT2D eigenvalue weighted by Gasteiger charge is 2.11. The summed E-state index contributed by atoms with van der Waals surface area (Å²) in [6, 6.07) is 12.9. The van der Waals surface area contributed by atoms with Crippen LogP contribution < -0.4 is 0 Å². The number of hydrogen-bond acceptors (Lipinski definition) is 1. The highest BCUT2D eigenvalue weighted by molar-refractivity contribution is 5.67. The van der Waals surface area contributed by atoms with Crippen LogP contribution in [0.1, 0.15) is 23.7 Å². The van der Waals surface area contributed by atoms with Gasteiger partial charge in [0, 0.05) is 17.5 Å². The summed E-state index contributed by atoms with van der Waals surface area (Å²) in [6.45, 7) is 6.41. The average Bonchev–Trinajstić information content (AvgIpc) is 2.78. The van der Waals surface area contributed by atoms with Gasteiger partial charge in [0.15, 0.2) is 0 Å². The van der Waals surface area contributed by atoms with E-state index in [0.29, 0.717) is 0 Å². The number of rotatable bonds is 2. The van der Waals surface area contributed by atoms with Gasteiger partial charge in [0.25, 0.3) is 0 Å². The molecule has 0 aliphatic rings. The molecule has 2 nitrogen and oxygen atoms in total. The summed E-state index contributed by atoms with van der Waals surface area (Å²) in [5.74, 6) is 0. The van der Waals surface area contributed by atoms with E-state index in [1.807, 2.05) is 0 Å². The van der Waals surface area contributed by atoms with Crippen LogP contribution in [0, 0.1) is 13.8 Å². The largest absolute Gasteiger partial charge is 0.303 e. The van der Waals surface area contributed by atoms with E-state index in [1.165, 1.54) is 22.4 Å². The molecule has 0 bridgehead atoms. The van der Waals surface area contributed by atoms with E-state index in [9.17, 15) is 0 Å². The van der Waals surface area contributed by atoms with Crippen LogP contribution in [0.5, 0.6) is 0 Å². The maximum atomic E-state index is 4.80. The van der Waals surface area contributed by atoms with Gasteiger partial charge in [0.2, 0.25) is 0 Å². The Kier molecular flexibility index (Phi) is 2.86. The van der Waals surface area contributed by atoms with E-state index < -0.39 is 0 Å². The minimum Gasteiger partial charge on any atom is -0.303 e. The summed E-state index contributed by atoms with van der Waals surface area (Å²) in [5, 5.41) is 0. The normalized spacial score (nSPS) is 11.1. The number of aryl methyl sites for hydroxylation is 3. The van der Waals surface area contributed by atoms with Crippen molar-refractivity contribution in [2.45, 2.75) is 27.2 Å². The summed E-state index contributed by atoms with van der Waals surface area (Å²) < 4.78 is 2.17. The molecule has 0 atom stereocenters. The first-order valence-electron chi connectivity index (χ1n) is 6.74. The molecular formula is C17H18N2. The molecule has 0 unspecified atom stereocenters. The molecule has 19 heavy (non-hydrogen) atoms. The van der Waals surface area contributed by atoms with Gasteiger partial charge in [-0.05, 0) is 37.5 Å². The van der Waals surface area contributed by atoms with E-state index in [0.717, 1.165) is 17.8 Å². The Morgan fingerprint density at radius 1 is 1.05 bits per heavy atom. The Morgan fingerprint density at radius 2 is 1.79 bits per heavy atom. The summed E-state index contributed by atoms with van der Waals surface area (Å²) in [7, 11) is 0. The number of fused-ring (bicyclic) bond motifs is 1. The molecule has 0 saturated heterocycles. The lowest BCUT2D eigenvalue weighted by molar-refractivity contribution is 1.10. The fourth-order valence-electron chi connectivity index (χ4n) is 2.49. The van der Waals surface area contributed by atoms with Crippen LogP contribution in [0.15, 0.2) is 42.6 Å². The lowest BCUT2D eigenvalue weighted by atomic mass is 10.1. The zero-order chi connectivity index (χ0) is 13.4. The van der Waals surface area contributed by atoms with Crippen molar-refractivity contribution >= 4 is 5.65 Å². The molecule has 0 fully saturated rings. The molecule has 0 saturated carbocycles. The third kappa shape index (κ3) is 1.93. The van der Waals surface area contributed by atoms with Gasteiger partial charge in [0.1, 0.15) is 5.65 Å². The van der Waals surface area contributed by atoms with Crippen molar-refractivity contribution in [2.75, 3.05) is 0 Å². The summed E-state index contributed by atoms with van der Waals surface area (Å²) in [4.78, 5) is 4.80. The Labute approximate surface area is 113 Å². The molecule has 0 radical (unpaired) electrons. The van der Waals surface area contributed by atoms with Gasteiger partial charge in [-0.2, -0.15) is 0 Å². The number of aromatic nitrogens is 2. The zero-order valence-corrected chi connectivity index (χ0v) is 11.6. The second-order valence-corrected chi connectivity index (χ2v) is 4.98. The fraction of sp³-hybridized carbons (Fsp3) is 0.235. The molecule has 0 aliphatic heterocycles. The van der Waals surface area contributed by atoms with Crippen molar-refractivity contribution in [1.82, 2.24) is 9.38 Å². The molecule has 0 amide bonds. The van der Waals surface area contributed by atoms with Crippen molar-refractivity contribution in [3.8, 4) is 11.3 Å². The molecule has 96 valence electrons. The summed E-state index contributed by atoms with van der Waals surface area (Å²) in [5.41, 5.74) is 7.09. The zero-order valence-electron chi connectivity index (χ0n) is 11.6. The van der Waals surface area contributed by atoms with Gasteiger partial charge in [-0.3, -0.25) is 0 Å². The predicted octanol–water partition coefficient (Wildman–Crippen LogP) is 4.18. The van der Waals surface area contributed by atoms with Gasteiger partial charge in [-0.15, -0.1) is 0 Å². The number of imidazole rings is 1. The molecule has 0 N–H and O–H groups in total. The number of nitrogens with zero attached hydrogens (tertiary/aromatic N) is 2. The van der Waals surface area contributed by atoms with Gasteiger partial charge in [-0.1, -0.05) is 37.3 Å². The Bertz CT molecular complexity index is 721. The van der Waals surface area contributed by atoms with Crippen LogP contribution in [0.25, 0.3) is 16.9 Å². The first-order valence-corrected chi connectivity index (χ1v) is 6.74. The van der Waals surface area contributed by atoms with Crippen LogP contribution in [0.3, 0.4) is 0 Å². The van der Waals surface area contributed by atoms with Crippen LogP contribution in [0.2, 0.25) is 0 Å². The highest BCUT2D eigenvalue weighted by Crippen LogP contribution is 2.25. The summed E-state index contributed by atoms with van der Waals surface area (Å²) in [6.07, 6.45) is 3.15. The maximum Gasteiger partial charge on any atom is 0.140 e. The molecule has 1 aromatic carbocycles. The fourth-order valence-corrected chi connectivity index (χ4v) is 2.49. The van der Waals surface area contributed by atoms with Gasteiger partial charge >= 0.3 is 0 Å². The molecule has 3 aromatic rings. The monoisotopic (exact) mass is 250 g/mol. The third-order valence-electron chi connectivity index (χ3n) is 3.72.